The number of carbonyl (C=O) groups is 1. The monoisotopic (exact) mass is 420 g/mol. The molecule has 0 bridgehead atoms. The number of unbranched alkanes of at least 4 members (excludes halogenated alkanes) is 1. The number of imidazole rings is 1. The van der Waals surface area contributed by atoms with E-state index >= 15 is 0 Å². The van der Waals surface area contributed by atoms with Crippen molar-refractivity contribution >= 4 is 38.5 Å². The zero-order valence-electron chi connectivity index (χ0n) is 16.1. The maximum absolute atomic E-state index is 11.7. The molecule has 6 nitrogen and oxygen atoms in total. The molecule has 1 aromatic heterocycles. The lowest BCUT2D eigenvalue weighted by Gasteiger charge is -2.26. The van der Waals surface area contributed by atoms with Crippen LogP contribution >= 0.6 is 21.6 Å². The van der Waals surface area contributed by atoms with Crippen LogP contribution in [0.5, 0.6) is 0 Å². The van der Waals surface area contributed by atoms with Gasteiger partial charge in [-0.15, -0.1) is 0 Å². The molecule has 2 fully saturated rings. The second-order valence-electron chi connectivity index (χ2n) is 7.57. The van der Waals surface area contributed by atoms with E-state index in [9.17, 15) is 4.79 Å². The molecule has 0 radical (unpaired) electrons. The molecule has 3 heterocycles. The highest BCUT2D eigenvalue weighted by atomic mass is 33.1. The maximum Gasteiger partial charge on any atom is 0.250 e. The van der Waals surface area contributed by atoms with E-state index in [0.717, 1.165) is 30.7 Å². The van der Waals surface area contributed by atoms with Gasteiger partial charge in [-0.3, -0.25) is 4.79 Å². The van der Waals surface area contributed by atoms with E-state index in [4.69, 9.17) is 10.5 Å². The van der Waals surface area contributed by atoms with Crippen molar-refractivity contribution in [2.45, 2.75) is 62.5 Å². The molecule has 4 unspecified atom stereocenters. The summed E-state index contributed by atoms with van der Waals surface area (Å²) in [7, 11) is 3.97. The number of aromatic amines is 1. The van der Waals surface area contributed by atoms with E-state index in [1.807, 2.05) is 33.7 Å². The largest absolute Gasteiger partial charge is 0.372 e. The van der Waals surface area contributed by atoms with Crippen LogP contribution in [0.15, 0.2) is 18.2 Å². The van der Waals surface area contributed by atoms with E-state index in [2.05, 4.69) is 22.2 Å². The summed E-state index contributed by atoms with van der Waals surface area (Å²) >= 11 is 0. The number of hydrogen-bond acceptors (Lipinski definition) is 6. The van der Waals surface area contributed by atoms with Gasteiger partial charge in [-0.05, 0) is 31.4 Å². The number of hydrogen-bond donors (Lipinski definition) is 3. The topological polar surface area (TPSA) is 93.0 Å². The molecular weight excluding hydrogens is 392 g/mol. The number of carbonyl (C=O) groups excluding carboxylic acids is 1. The summed E-state index contributed by atoms with van der Waals surface area (Å²) in [5, 5.41) is 4.15. The van der Waals surface area contributed by atoms with Crippen molar-refractivity contribution in [3.8, 4) is 0 Å². The number of primary amides is 1. The highest BCUT2D eigenvalue weighted by Gasteiger charge is 2.34. The Hall–Kier alpha value is -1.22. The van der Waals surface area contributed by atoms with Gasteiger partial charge in [0.2, 0.25) is 0 Å². The molecule has 0 spiro atoms. The van der Waals surface area contributed by atoms with Crippen LogP contribution in [0.2, 0.25) is 0 Å². The third kappa shape index (κ3) is 4.35. The van der Waals surface area contributed by atoms with E-state index in [1.165, 1.54) is 25.0 Å². The number of rotatable bonds is 8. The number of fused-ring (bicyclic) bond motifs is 1. The lowest BCUT2D eigenvalue weighted by Crippen LogP contribution is -2.31. The summed E-state index contributed by atoms with van der Waals surface area (Å²) in [4.78, 5) is 19.7. The van der Waals surface area contributed by atoms with Crippen molar-refractivity contribution in [3.63, 3.8) is 0 Å². The zero-order valence-corrected chi connectivity index (χ0v) is 17.8. The fourth-order valence-electron chi connectivity index (χ4n) is 4.02. The Morgan fingerprint density at radius 1 is 1.46 bits per heavy atom. The molecular formula is C20H28N4O2S2. The third-order valence-electron chi connectivity index (χ3n) is 5.52. The summed E-state index contributed by atoms with van der Waals surface area (Å²) in [5.41, 5.74) is 7.44. The SMILES string of the molecule is CCCCC(OC1CNC(c2nc3c(C(N)=O)cccc3[nH]2)C1)C1CCSS1. The molecule has 4 N–H and O–H groups in total. The van der Waals surface area contributed by atoms with E-state index in [0.29, 0.717) is 22.4 Å². The number of nitrogens with zero attached hydrogens (tertiary/aromatic N) is 1. The number of H-pyrrole nitrogens is 1. The van der Waals surface area contributed by atoms with Gasteiger partial charge in [0.05, 0.1) is 29.3 Å². The summed E-state index contributed by atoms with van der Waals surface area (Å²) in [5.74, 6) is 1.63. The Morgan fingerprint density at radius 2 is 2.36 bits per heavy atom. The molecule has 1 amide bonds. The van der Waals surface area contributed by atoms with Crippen LogP contribution < -0.4 is 11.1 Å². The zero-order chi connectivity index (χ0) is 19.5. The number of nitrogens with two attached hydrogens (primary N) is 1. The first-order valence-electron chi connectivity index (χ1n) is 10.1. The first kappa shape index (κ1) is 20.1. The molecule has 152 valence electrons. The van der Waals surface area contributed by atoms with Gasteiger partial charge in [-0.25, -0.2) is 4.98 Å². The summed E-state index contributed by atoms with van der Waals surface area (Å²) in [6.07, 6.45) is 6.23. The normalized spacial score (nSPS) is 26.1. The highest BCUT2D eigenvalue weighted by Crippen LogP contribution is 2.42. The van der Waals surface area contributed by atoms with Gasteiger partial charge in [0.25, 0.3) is 5.91 Å². The quantitative estimate of drug-likeness (QED) is 0.563. The van der Waals surface area contributed by atoms with Gasteiger partial charge in [0.15, 0.2) is 0 Å². The Morgan fingerprint density at radius 3 is 3.11 bits per heavy atom. The predicted octanol–water partition coefficient (Wildman–Crippen LogP) is 3.79. The van der Waals surface area contributed by atoms with E-state index in [-0.39, 0.29) is 12.1 Å². The number of aromatic nitrogens is 2. The fourth-order valence-corrected chi connectivity index (χ4v) is 7.09. The first-order chi connectivity index (χ1) is 13.7. The standard InChI is InChI=1S/C20H28N4O2S2/c1-2-3-7-16(17-8-9-27-28-17)26-12-10-15(22-11-12)20-23-14-6-4-5-13(19(21)25)18(14)24-20/h4-6,12,15-17,22H,2-3,7-11H2,1H3,(H2,21,25)(H,23,24). The molecule has 1 aromatic carbocycles. The molecule has 4 rings (SSSR count). The lowest BCUT2D eigenvalue weighted by atomic mass is 10.1. The number of nitrogens with one attached hydrogen (secondary N) is 2. The molecule has 2 aliphatic heterocycles. The Bertz CT molecular complexity index is 822. The number of amides is 1. The Kier molecular flexibility index (Phi) is 6.50. The maximum atomic E-state index is 11.7. The number of para-hydroxylation sites is 1. The summed E-state index contributed by atoms with van der Waals surface area (Å²) in [6.45, 7) is 3.07. The third-order valence-corrected chi connectivity index (χ3v) is 8.49. The predicted molar refractivity (Wildman–Crippen MR) is 117 cm³/mol. The smallest absolute Gasteiger partial charge is 0.250 e. The minimum absolute atomic E-state index is 0.107. The summed E-state index contributed by atoms with van der Waals surface area (Å²) < 4.78 is 6.57. The molecule has 0 aliphatic carbocycles. The summed E-state index contributed by atoms with van der Waals surface area (Å²) in [6, 6.07) is 5.58. The van der Waals surface area contributed by atoms with Crippen LogP contribution in [-0.4, -0.2) is 45.6 Å². The van der Waals surface area contributed by atoms with Crippen molar-refractivity contribution < 1.29 is 9.53 Å². The van der Waals surface area contributed by atoms with E-state index in [1.54, 1.807) is 6.07 Å². The van der Waals surface area contributed by atoms with Crippen LogP contribution in [0, 0.1) is 0 Å². The fraction of sp³-hybridized carbons (Fsp3) is 0.600. The second kappa shape index (κ2) is 9.07. The molecule has 2 aliphatic rings. The number of benzene rings is 1. The van der Waals surface area contributed by atoms with Gasteiger partial charge in [0, 0.05) is 17.5 Å². The van der Waals surface area contributed by atoms with Crippen LogP contribution in [0.3, 0.4) is 0 Å². The van der Waals surface area contributed by atoms with Crippen molar-refractivity contribution in [1.29, 1.82) is 0 Å². The Labute approximate surface area is 173 Å². The highest BCUT2D eigenvalue weighted by molar-refractivity contribution is 8.77. The van der Waals surface area contributed by atoms with E-state index < -0.39 is 5.91 Å². The van der Waals surface area contributed by atoms with Gasteiger partial charge in [-0.2, -0.15) is 0 Å². The average Bonchev–Trinajstić information content (AvgIpc) is 3.44. The molecule has 4 atom stereocenters. The van der Waals surface area contributed by atoms with Gasteiger partial charge < -0.3 is 20.8 Å². The van der Waals surface area contributed by atoms with Gasteiger partial charge >= 0.3 is 0 Å². The first-order valence-corrected chi connectivity index (χ1v) is 12.5. The van der Waals surface area contributed by atoms with Crippen molar-refractivity contribution in [1.82, 2.24) is 15.3 Å². The number of ether oxygens (including phenoxy) is 1. The van der Waals surface area contributed by atoms with Crippen LogP contribution in [0.4, 0.5) is 0 Å². The molecule has 8 heteroatoms. The molecule has 0 saturated carbocycles. The van der Waals surface area contributed by atoms with Crippen LogP contribution in [0.25, 0.3) is 11.0 Å². The minimum Gasteiger partial charge on any atom is -0.372 e. The van der Waals surface area contributed by atoms with Crippen LogP contribution in [0.1, 0.15) is 61.3 Å². The minimum atomic E-state index is -0.449. The molecule has 28 heavy (non-hydrogen) atoms. The molecule has 2 aromatic rings. The Balaban J connectivity index is 1.44. The van der Waals surface area contributed by atoms with Gasteiger partial charge in [0.1, 0.15) is 11.3 Å². The van der Waals surface area contributed by atoms with Crippen molar-refractivity contribution in [3.05, 3.63) is 29.6 Å². The van der Waals surface area contributed by atoms with Crippen LogP contribution in [-0.2, 0) is 4.74 Å². The second-order valence-corrected chi connectivity index (χ2v) is 10.3. The van der Waals surface area contributed by atoms with Crippen molar-refractivity contribution in [2.24, 2.45) is 5.73 Å². The van der Waals surface area contributed by atoms with Gasteiger partial charge in [-0.1, -0.05) is 47.4 Å². The van der Waals surface area contributed by atoms with Crippen molar-refractivity contribution in [2.75, 3.05) is 12.3 Å². The lowest BCUT2D eigenvalue weighted by molar-refractivity contribution is -0.00846. The molecule has 2 saturated heterocycles. The average molecular weight is 421 g/mol.